The number of carbonyl (C=O) groups excluding carboxylic acids is 1. The average molecular weight is 366 g/mol. The normalized spacial score (nSPS) is 10.6. The highest BCUT2D eigenvalue weighted by Crippen LogP contribution is 2.28. The van der Waals surface area contributed by atoms with E-state index in [1.54, 1.807) is 0 Å². The first kappa shape index (κ1) is 18.1. The number of amides is 1. The molecule has 0 saturated carbocycles. The van der Waals surface area contributed by atoms with E-state index < -0.39 is 0 Å². The molecule has 0 atom stereocenters. The first-order valence-corrected chi connectivity index (χ1v) is 9.65. The van der Waals surface area contributed by atoms with Gasteiger partial charge in [0, 0.05) is 11.4 Å². The van der Waals surface area contributed by atoms with Gasteiger partial charge in [-0.2, -0.15) is 0 Å². The van der Waals surface area contributed by atoms with E-state index in [0.29, 0.717) is 4.88 Å². The van der Waals surface area contributed by atoms with Gasteiger partial charge in [-0.25, -0.2) is 4.98 Å². The van der Waals surface area contributed by atoms with Gasteiger partial charge in [0.2, 0.25) is 0 Å². The van der Waals surface area contributed by atoms with Crippen molar-refractivity contribution in [3.05, 3.63) is 70.2 Å². The van der Waals surface area contributed by atoms with E-state index in [2.05, 4.69) is 35.5 Å². The van der Waals surface area contributed by atoms with Crippen LogP contribution in [0.4, 0.5) is 16.5 Å². The van der Waals surface area contributed by atoms with Gasteiger partial charge in [-0.1, -0.05) is 55.5 Å². The van der Waals surface area contributed by atoms with Crippen LogP contribution in [-0.4, -0.2) is 10.9 Å². The van der Waals surface area contributed by atoms with Gasteiger partial charge in [0.15, 0.2) is 5.13 Å². The molecule has 134 valence electrons. The number of para-hydroxylation sites is 1. The first-order chi connectivity index (χ1) is 12.6. The quantitative estimate of drug-likeness (QED) is 0.600. The number of hydrogen-bond acceptors (Lipinski definition) is 4. The van der Waals surface area contributed by atoms with Gasteiger partial charge in [-0.15, -0.1) is 0 Å². The van der Waals surface area contributed by atoms with E-state index in [-0.39, 0.29) is 5.91 Å². The Bertz CT molecular complexity index is 900. The Hall–Kier alpha value is -2.66. The van der Waals surface area contributed by atoms with Gasteiger partial charge in [0.25, 0.3) is 5.91 Å². The van der Waals surface area contributed by atoms with Crippen molar-refractivity contribution in [2.75, 3.05) is 10.6 Å². The molecule has 0 aliphatic heterocycles. The lowest BCUT2D eigenvalue weighted by molar-refractivity contribution is 0.103. The summed E-state index contributed by atoms with van der Waals surface area (Å²) in [7, 11) is 0. The zero-order valence-electron chi connectivity index (χ0n) is 15.3. The molecule has 1 heterocycles. The minimum absolute atomic E-state index is 0.124. The number of aromatic nitrogens is 1. The molecule has 1 amide bonds. The average Bonchev–Trinajstić information content (AvgIpc) is 3.03. The highest BCUT2D eigenvalue weighted by atomic mass is 32.1. The van der Waals surface area contributed by atoms with Crippen LogP contribution in [0.1, 0.15) is 40.3 Å². The van der Waals surface area contributed by atoms with E-state index in [1.807, 2.05) is 49.4 Å². The van der Waals surface area contributed by atoms with Crippen LogP contribution in [0.5, 0.6) is 0 Å². The van der Waals surface area contributed by atoms with Gasteiger partial charge in [-0.05, 0) is 49.1 Å². The van der Waals surface area contributed by atoms with Crippen molar-refractivity contribution in [2.45, 2.75) is 33.6 Å². The second-order valence-corrected chi connectivity index (χ2v) is 7.07. The van der Waals surface area contributed by atoms with Crippen molar-refractivity contribution in [1.82, 2.24) is 4.98 Å². The molecular weight excluding hydrogens is 342 g/mol. The summed E-state index contributed by atoms with van der Waals surface area (Å²) < 4.78 is 0. The van der Waals surface area contributed by atoms with E-state index in [1.165, 1.54) is 22.5 Å². The predicted molar refractivity (Wildman–Crippen MR) is 110 cm³/mol. The summed E-state index contributed by atoms with van der Waals surface area (Å²) in [6.45, 7) is 6.10. The van der Waals surface area contributed by atoms with E-state index in [9.17, 15) is 4.79 Å². The van der Waals surface area contributed by atoms with Crippen molar-refractivity contribution >= 4 is 33.8 Å². The monoisotopic (exact) mass is 365 g/mol. The molecule has 3 aromatic rings. The molecular formula is C21H23N3OS. The van der Waals surface area contributed by atoms with Crippen LogP contribution in [0.3, 0.4) is 0 Å². The van der Waals surface area contributed by atoms with E-state index >= 15 is 0 Å². The molecule has 26 heavy (non-hydrogen) atoms. The summed E-state index contributed by atoms with van der Waals surface area (Å²) in [6.07, 6.45) is 1.92. The maximum atomic E-state index is 12.6. The van der Waals surface area contributed by atoms with Crippen LogP contribution in [0.25, 0.3) is 0 Å². The van der Waals surface area contributed by atoms with Crippen molar-refractivity contribution in [3.63, 3.8) is 0 Å². The fourth-order valence-electron chi connectivity index (χ4n) is 2.74. The standard InChI is InChI=1S/C21H23N3OS/c1-4-15-10-12-17(13-11-15)23-20(25)19-14(3)22-21(26-19)24-18-9-7-6-8-16(18)5-2/h6-13H,4-5H2,1-3H3,(H,22,24)(H,23,25). The number of nitrogens with one attached hydrogen (secondary N) is 2. The second kappa shape index (κ2) is 8.15. The molecule has 0 bridgehead atoms. The fourth-order valence-corrected chi connectivity index (χ4v) is 3.61. The summed E-state index contributed by atoms with van der Waals surface area (Å²) >= 11 is 1.37. The minimum atomic E-state index is -0.124. The Balaban J connectivity index is 1.75. The molecule has 4 nitrogen and oxygen atoms in total. The van der Waals surface area contributed by atoms with Gasteiger partial charge in [-0.3, -0.25) is 4.79 Å². The lowest BCUT2D eigenvalue weighted by Gasteiger charge is -2.07. The number of anilines is 3. The molecule has 3 rings (SSSR count). The molecule has 1 aromatic heterocycles. The third-order valence-electron chi connectivity index (χ3n) is 4.26. The Kier molecular flexibility index (Phi) is 5.68. The van der Waals surface area contributed by atoms with Crippen LogP contribution < -0.4 is 10.6 Å². The zero-order chi connectivity index (χ0) is 18.5. The predicted octanol–water partition coefficient (Wildman–Crippen LogP) is 5.57. The molecule has 0 aliphatic carbocycles. The Morgan fingerprint density at radius 3 is 2.46 bits per heavy atom. The van der Waals surface area contributed by atoms with Gasteiger partial charge in [0.1, 0.15) is 4.88 Å². The highest BCUT2D eigenvalue weighted by molar-refractivity contribution is 7.17. The van der Waals surface area contributed by atoms with Crippen molar-refractivity contribution in [2.24, 2.45) is 0 Å². The molecule has 5 heteroatoms. The lowest BCUT2D eigenvalue weighted by atomic mass is 10.1. The molecule has 0 aliphatic rings. The number of aryl methyl sites for hydroxylation is 3. The summed E-state index contributed by atoms with van der Waals surface area (Å²) in [5.74, 6) is -0.124. The number of nitrogens with zero attached hydrogens (tertiary/aromatic N) is 1. The maximum Gasteiger partial charge on any atom is 0.267 e. The number of carbonyl (C=O) groups is 1. The van der Waals surface area contributed by atoms with Crippen molar-refractivity contribution in [1.29, 1.82) is 0 Å². The third-order valence-corrected chi connectivity index (χ3v) is 5.33. The van der Waals surface area contributed by atoms with Crippen LogP contribution in [0, 0.1) is 6.92 Å². The van der Waals surface area contributed by atoms with Crippen LogP contribution in [0.15, 0.2) is 48.5 Å². The topological polar surface area (TPSA) is 54.0 Å². The van der Waals surface area contributed by atoms with Crippen LogP contribution in [-0.2, 0) is 12.8 Å². The van der Waals surface area contributed by atoms with Crippen molar-refractivity contribution < 1.29 is 4.79 Å². The van der Waals surface area contributed by atoms with Gasteiger partial charge < -0.3 is 10.6 Å². The largest absolute Gasteiger partial charge is 0.331 e. The summed E-state index contributed by atoms with van der Waals surface area (Å²) in [5, 5.41) is 7.03. The smallest absolute Gasteiger partial charge is 0.267 e. The first-order valence-electron chi connectivity index (χ1n) is 8.83. The van der Waals surface area contributed by atoms with Crippen LogP contribution >= 0.6 is 11.3 Å². The van der Waals surface area contributed by atoms with E-state index in [4.69, 9.17) is 0 Å². The Morgan fingerprint density at radius 2 is 1.77 bits per heavy atom. The van der Waals surface area contributed by atoms with Crippen LogP contribution in [0.2, 0.25) is 0 Å². The molecule has 0 spiro atoms. The molecule has 2 N–H and O–H groups in total. The van der Waals surface area contributed by atoms with Gasteiger partial charge in [0.05, 0.1) is 5.69 Å². The summed E-state index contributed by atoms with van der Waals surface area (Å²) in [6, 6.07) is 16.1. The maximum absolute atomic E-state index is 12.6. The molecule has 0 radical (unpaired) electrons. The van der Waals surface area contributed by atoms with Crippen molar-refractivity contribution in [3.8, 4) is 0 Å². The second-order valence-electron chi connectivity index (χ2n) is 6.07. The van der Waals surface area contributed by atoms with Gasteiger partial charge >= 0.3 is 0 Å². The molecule has 2 aromatic carbocycles. The SMILES string of the molecule is CCc1ccc(NC(=O)c2sc(Nc3ccccc3CC)nc2C)cc1. The summed E-state index contributed by atoms with van der Waals surface area (Å²) in [5.41, 5.74) is 5.03. The minimum Gasteiger partial charge on any atom is -0.331 e. The number of hydrogen-bond donors (Lipinski definition) is 2. The molecule has 0 saturated heterocycles. The summed E-state index contributed by atoms with van der Waals surface area (Å²) in [4.78, 5) is 17.8. The third kappa shape index (κ3) is 4.11. The number of benzene rings is 2. The fraction of sp³-hybridized carbons (Fsp3) is 0.238. The number of rotatable bonds is 6. The molecule has 0 unspecified atom stereocenters. The Labute approximate surface area is 158 Å². The van der Waals surface area contributed by atoms with E-state index in [0.717, 1.165) is 35.0 Å². The zero-order valence-corrected chi connectivity index (χ0v) is 16.1. The number of thiazole rings is 1. The Morgan fingerprint density at radius 1 is 1.04 bits per heavy atom. The molecule has 0 fully saturated rings. The highest BCUT2D eigenvalue weighted by Gasteiger charge is 2.16. The lowest BCUT2D eigenvalue weighted by Crippen LogP contribution is -2.11.